The number of hydrogen-bond acceptors (Lipinski definition) is 3. The van der Waals surface area contributed by atoms with Gasteiger partial charge in [0, 0.05) is 6.07 Å². The van der Waals surface area contributed by atoms with Gasteiger partial charge in [-0.2, -0.15) is 5.26 Å². The predicted molar refractivity (Wildman–Crippen MR) is 46.9 cm³/mol. The van der Waals surface area contributed by atoms with Crippen molar-refractivity contribution >= 4 is 11.6 Å². The van der Waals surface area contributed by atoms with Gasteiger partial charge in [0.25, 0.3) is 0 Å². The third kappa shape index (κ3) is 2.45. The highest BCUT2D eigenvalue weighted by Crippen LogP contribution is 2.19. The highest BCUT2D eigenvalue weighted by molar-refractivity contribution is 5.92. The molecule has 4 nitrogen and oxygen atoms in total. The van der Waals surface area contributed by atoms with Crippen molar-refractivity contribution in [3.63, 3.8) is 0 Å². The van der Waals surface area contributed by atoms with Crippen molar-refractivity contribution in [2.75, 3.05) is 5.32 Å². The summed E-state index contributed by atoms with van der Waals surface area (Å²) in [5.41, 5.74) is -0.134. The van der Waals surface area contributed by atoms with Gasteiger partial charge in [-0.15, -0.1) is 0 Å². The number of rotatable bonds is 2. The Morgan fingerprint density at radius 3 is 3.00 bits per heavy atom. The van der Waals surface area contributed by atoms with E-state index in [-0.39, 0.29) is 17.9 Å². The smallest absolute Gasteiger partial charge is 0.238 e. The fraction of sp³-hybridized carbons (Fsp3) is 0.111. The quantitative estimate of drug-likeness (QED) is 0.746. The molecule has 1 aromatic rings. The second kappa shape index (κ2) is 4.23. The first-order valence-electron chi connectivity index (χ1n) is 3.79. The lowest BCUT2D eigenvalue weighted by molar-refractivity contribution is -0.115. The van der Waals surface area contributed by atoms with E-state index in [1.54, 1.807) is 6.07 Å². The summed E-state index contributed by atoms with van der Waals surface area (Å²) in [4.78, 5) is 10.9. The van der Waals surface area contributed by atoms with Gasteiger partial charge < -0.3 is 10.4 Å². The van der Waals surface area contributed by atoms with Gasteiger partial charge in [-0.05, 0) is 12.1 Å². The molecule has 0 heterocycles. The average Bonchev–Trinajstić information content (AvgIpc) is 2.12. The Morgan fingerprint density at radius 1 is 1.64 bits per heavy atom. The van der Waals surface area contributed by atoms with E-state index in [0.29, 0.717) is 0 Å². The molecule has 0 aromatic heterocycles. The van der Waals surface area contributed by atoms with Crippen LogP contribution in [0, 0.1) is 17.1 Å². The Balaban J connectivity index is 2.81. The number of halogens is 1. The molecule has 1 aromatic carbocycles. The van der Waals surface area contributed by atoms with Crippen LogP contribution in [0.15, 0.2) is 18.2 Å². The number of aromatic hydroxyl groups is 1. The van der Waals surface area contributed by atoms with Gasteiger partial charge >= 0.3 is 0 Å². The number of nitrogens with one attached hydrogen (secondary N) is 1. The molecule has 0 unspecified atom stereocenters. The van der Waals surface area contributed by atoms with Crippen LogP contribution in [0.25, 0.3) is 0 Å². The SMILES string of the molecule is N#CCC(=O)Nc1cc(O)ccc1F. The molecular formula is C9H7FN2O2. The molecule has 2 N–H and O–H groups in total. The summed E-state index contributed by atoms with van der Waals surface area (Å²) in [6.07, 6.45) is -0.352. The molecule has 1 rings (SSSR count). The number of phenolic OH excluding ortho intramolecular Hbond substituents is 1. The minimum atomic E-state index is -0.658. The standard InChI is InChI=1S/C9H7FN2O2/c10-7-2-1-6(13)5-8(7)12-9(14)3-4-11/h1-2,5,13H,3H2,(H,12,14). The zero-order chi connectivity index (χ0) is 10.6. The molecule has 0 bridgehead atoms. The summed E-state index contributed by atoms with van der Waals surface area (Å²) < 4.78 is 13.0. The molecular weight excluding hydrogens is 187 g/mol. The number of amides is 1. The number of carbonyl (C=O) groups excluding carboxylic acids is 1. The fourth-order valence-corrected chi connectivity index (χ4v) is 0.875. The maximum Gasteiger partial charge on any atom is 0.238 e. The van der Waals surface area contributed by atoms with E-state index in [9.17, 15) is 9.18 Å². The fourth-order valence-electron chi connectivity index (χ4n) is 0.875. The van der Waals surface area contributed by atoms with Crippen LogP contribution in [0.1, 0.15) is 6.42 Å². The summed E-state index contributed by atoms with van der Waals surface area (Å²) in [6.45, 7) is 0. The highest BCUT2D eigenvalue weighted by atomic mass is 19.1. The first-order chi connectivity index (χ1) is 6.63. The van der Waals surface area contributed by atoms with Crippen molar-refractivity contribution in [2.24, 2.45) is 0 Å². The Bertz CT molecular complexity index is 398. The molecule has 1 amide bonds. The summed E-state index contributed by atoms with van der Waals surface area (Å²) in [5.74, 6) is -1.43. The second-order valence-corrected chi connectivity index (χ2v) is 2.55. The van der Waals surface area contributed by atoms with E-state index in [1.165, 1.54) is 0 Å². The van der Waals surface area contributed by atoms with Gasteiger partial charge in [0.2, 0.25) is 5.91 Å². The van der Waals surface area contributed by atoms with Gasteiger partial charge in [0.15, 0.2) is 0 Å². The Hall–Kier alpha value is -2.09. The lowest BCUT2D eigenvalue weighted by atomic mass is 10.3. The number of nitriles is 1. The van der Waals surface area contributed by atoms with E-state index < -0.39 is 11.7 Å². The van der Waals surface area contributed by atoms with Gasteiger partial charge in [-0.1, -0.05) is 0 Å². The van der Waals surface area contributed by atoms with Crippen molar-refractivity contribution < 1.29 is 14.3 Å². The van der Waals surface area contributed by atoms with Gasteiger partial charge in [0.05, 0.1) is 11.8 Å². The van der Waals surface area contributed by atoms with Crippen LogP contribution in [-0.2, 0) is 4.79 Å². The van der Waals surface area contributed by atoms with Crippen molar-refractivity contribution in [1.29, 1.82) is 5.26 Å². The Labute approximate surface area is 79.6 Å². The zero-order valence-corrected chi connectivity index (χ0v) is 7.12. The maximum atomic E-state index is 13.0. The van der Waals surface area contributed by atoms with Crippen molar-refractivity contribution in [1.82, 2.24) is 0 Å². The summed E-state index contributed by atoms with van der Waals surface area (Å²) in [7, 11) is 0. The minimum Gasteiger partial charge on any atom is -0.508 e. The van der Waals surface area contributed by atoms with E-state index in [1.807, 2.05) is 0 Å². The molecule has 0 aliphatic carbocycles. The molecule has 5 heteroatoms. The Morgan fingerprint density at radius 2 is 2.36 bits per heavy atom. The van der Waals surface area contributed by atoms with Crippen LogP contribution in [-0.4, -0.2) is 11.0 Å². The first-order valence-corrected chi connectivity index (χ1v) is 3.79. The predicted octanol–water partition coefficient (Wildman–Crippen LogP) is 1.38. The molecule has 0 atom stereocenters. The molecule has 0 saturated carbocycles. The van der Waals surface area contributed by atoms with Gasteiger partial charge in [-0.25, -0.2) is 4.39 Å². The van der Waals surface area contributed by atoms with Crippen LogP contribution in [0.2, 0.25) is 0 Å². The largest absolute Gasteiger partial charge is 0.508 e. The number of anilines is 1. The molecule has 0 spiro atoms. The van der Waals surface area contributed by atoms with E-state index in [0.717, 1.165) is 18.2 Å². The van der Waals surface area contributed by atoms with E-state index >= 15 is 0 Å². The molecule has 14 heavy (non-hydrogen) atoms. The van der Waals surface area contributed by atoms with E-state index in [2.05, 4.69) is 5.32 Å². The Kier molecular flexibility index (Phi) is 3.02. The zero-order valence-electron chi connectivity index (χ0n) is 7.12. The highest BCUT2D eigenvalue weighted by Gasteiger charge is 2.06. The molecule has 0 aliphatic heterocycles. The third-order valence-corrected chi connectivity index (χ3v) is 1.46. The lowest BCUT2D eigenvalue weighted by Gasteiger charge is -2.04. The summed E-state index contributed by atoms with van der Waals surface area (Å²) >= 11 is 0. The van der Waals surface area contributed by atoms with Crippen LogP contribution < -0.4 is 5.32 Å². The van der Waals surface area contributed by atoms with Crippen LogP contribution in [0.4, 0.5) is 10.1 Å². The lowest BCUT2D eigenvalue weighted by Crippen LogP contribution is -2.11. The van der Waals surface area contributed by atoms with Gasteiger partial charge in [0.1, 0.15) is 18.0 Å². The normalized spacial score (nSPS) is 9.14. The van der Waals surface area contributed by atoms with Gasteiger partial charge in [-0.3, -0.25) is 4.79 Å². The summed E-state index contributed by atoms with van der Waals surface area (Å²) in [5, 5.41) is 19.3. The first kappa shape index (κ1) is 9.99. The maximum absolute atomic E-state index is 13.0. The van der Waals surface area contributed by atoms with Crippen LogP contribution in [0.5, 0.6) is 5.75 Å². The average molecular weight is 194 g/mol. The molecule has 72 valence electrons. The number of carbonyl (C=O) groups is 1. The van der Waals surface area contributed by atoms with Crippen molar-refractivity contribution in [2.45, 2.75) is 6.42 Å². The third-order valence-electron chi connectivity index (χ3n) is 1.46. The number of hydrogen-bond donors (Lipinski definition) is 2. The summed E-state index contributed by atoms with van der Waals surface area (Å²) in [6, 6.07) is 4.89. The number of nitrogens with zero attached hydrogens (tertiary/aromatic N) is 1. The molecule has 0 saturated heterocycles. The number of phenols is 1. The molecule has 0 fully saturated rings. The number of benzene rings is 1. The van der Waals surface area contributed by atoms with Crippen molar-refractivity contribution in [3.05, 3.63) is 24.0 Å². The molecule has 0 radical (unpaired) electrons. The van der Waals surface area contributed by atoms with Crippen LogP contribution in [0.3, 0.4) is 0 Å². The molecule has 0 aliphatic rings. The minimum absolute atomic E-state index is 0.134. The topological polar surface area (TPSA) is 73.1 Å². The monoisotopic (exact) mass is 194 g/mol. The van der Waals surface area contributed by atoms with Crippen molar-refractivity contribution in [3.8, 4) is 11.8 Å². The van der Waals surface area contributed by atoms with E-state index in [4.69, 9.17) is 10.4 Å². The second-order valence-electron chi connectivity index (χ2n) is 2.55. The van der Waals surface area contributed by atoms with Crippen LogP contribution >= 0.6 is 0 Å².